The highest BCUT2D eigenvalue weighted by Crippen LogP contribution is 2.23. The molecule has 0 atom stereocenters. The Morgan fingerprint density at radius 3 is 1.94 bits per heavy atom. The third-order valence-corrected chi connectivity index (χ3v) is 2.21. The summed E-state index contributed by atoms with van der Waals surface area (Å²) in [5.74, 6) is 7.52. The highest BCUT2D eigenvalue weighted by molar-refractivity contribution is 5.99. The second-order valence-corrected chi connectivity index (χ2v) is 4.88. The maximum absolute atomic E-state index is 5.53. The van der Waals surface area contributed by atoms with Gasteiger partial charge in [-0.05, 0) is 32.9 Å². The summed E-state index contributed by atoms with van der Waals surface area (Å²) in [5.41, 5.74) is 3.22. The van der Waals surface area contributed by atoms with Crippen molar-refractivity contribution in [1.82, 2.24) is 5.43 Å². The van der Waals surface area contributed by atoms with E-state index in [1.54, 1.807) is 20.3 Å². The SMILES string of the molecule is COc1cc(OC)cc(C(=NC(C)(C)C)NN)c1. The van der Waals surface area contributed by atoms with E-state index in [2.05, 4.69) is 10.4 Å². The average molecular weight is 251 g/mol. The zero-order valence-electron chi connectivity index (χ0n) is 11.6. The van der Waals surface area contributed by atoms with Crippen LogP contribution in [0.2, 0.25) is 0 Å². The number of ether oxygens (including phenoxy) is 2. The van der Waals surface area contributed by atoms with Gasteiger partial charge in [0.05, 0.1) is 19.8 Å². The van der Waals surface area contributed by atoms with E-state index in [0.29, 0.717) is 17.3 Å². The third kappa shape index (κ3) is 3.92. The summed E-state index contributed by atoms with van der Waals surface area (Å²) < 4.78 is 10.4. The van der Waals surface area contributed by atoms with Crippen molar-refractivity contribution in [2.75, 3.05) is 14.2 Å². The first-order valence-corrected chi connectivity index (χ1v) is 5.69. The molecule has 0 heterocycles. The maximum Gasteiger partial charge on any atom is 0.143 e. The van der Waals surface area contributed by atoms with Crippen LogP contribution in [0, 0.1) is 0 Å². The predicted octanol–water partition coefficient (Wildman–Crippen LogP) is 1.71. The Morgan fingerprint density at radius 1 is 1.11 bits per heavy atom. The lowest BCUT2D eigenvalue weighted by molar-refractivity contribution is 0.394. The number of hydrogen-bond acceptors (Lipinski definition) is 4. The molecule has 100 valence electrons. The van der Waals surface area contributed by atoms with Crippen molar-refractivity contribution in [1.29, 1.82) is 0 Å². The second kappa shape index (κ2) is 5.73. The Morgan fingerprint density at radius 2 is 1.61 bits per heavy atom. The molecule has 0 saturated heterocycles. The summed E-state index contributed by atoms with van der Waals surface area (Å²) in [6, 6.07) is 5.51. The lowest BCUT2D eigenvalue weighted by atomic mass is 10.1. The molecule has 0 aromatic heterocycles. The molecule has 0 aliphatic rings. The number of aliphatic imine (C=N–C) groups is 1. The fraction of sp³-hybridized carbons (Fsp3) is 0.462. The molecule has 0 aliphatic carbocycles. The van der Waals surface area contributed by atoms with E-state index in [9.17, 15) is 0 Å². The fourth-order valence-electron chi connectivity index (χ4n) is 1.46. The molecule has 0 unspecified atom stereocenters. The number of nitrogens with two attached hydrogens (primary N) is 1. The van der Waals surface area contributed by atoms with E-state index in [-0.39, 0.29) is 5.54 Å². The second-order valence-electron chi connectivity index (χ2n) is 4.88. The monoisotopic (exact) mass is 251 g/mol. The highest BCUT2D eigenvalue weighted by Gasteiger charge is 2.12. The average Bonchev–Trinajstić information content (AvgIpc) is 2.34. The molecule has 3 N–H and O–H groups in total. The van der Waals surface area contributed by atoms with Gasteiger partial charge in [0, 0.05) is 11.6 Å². The highest BCUT2D eigenvalue weighted by atomic mass is 16.5. The van der Waals surface area contributed by atoms with Gasteiger partial charge in [-0.1, -0.05) is 0 Å². The molecule has 0 radical (unpaired) electrons. The summed E-state index contributed by atoms with van der Waals surface area (Å²) in [6.45, 7) is 6.01. The van der Waals surface area contributed by atoms with Gasteiger partial charge in [0.2, 0.25) is 0 Å². The van der Waals surface area contributed by atoms with Gasteiger partial charge in [0.15, 0.2) is 0 Å². The number of hydrogen-bond donors (Lipinski definition) is 2. The summed E-state index contributed by atoms with van der Waals surface area (Å²) in [4.78, 5) is 4.52. The van der Waals surface area contributed by atoms with Crippen molar-refractivity contribution < 1.29 is 9.47 Å². The number of methoxy groups -OCH3 is 2. The molecule has 5 nitrogen and oxygen atoms in total. The van der Waals surface area contributed by atoms with Crippen molar-refractivity contribution in [2.24, 2.45) is 10.8 Å². The van der Waals surface area contributed by atoms with Crippen molar-refractivity contribution in [2.45, 2.75) is 26.3 Å². The standard InChI is InChI=1S/C13H21N3O2/c1-13(2,3)15-12(16-14)9-6-10(17-4)8-11(7-9)18-5/h6-8H,14H2,1-5H3,(H,15,16). The Labute approximate surface area is 108 Å². The summed E-state index contributed by atoms with van der Waals surface area (Å²) in [7, 11) is 3.21. The lowest BCUT2D eigenvalue weighted by Crippen LogP contribution is -2.33. The first kappa shape index (κ1) is 14.3. The Kier molecular flexibility index (Phi) is 4.55. The van der Waals surface area contributed by atoms with E-state index in [0.717, 1.165) is 5.56 Å². The summed E-state index contributed by atoms with van der Waals surface area (Å²) in [6.07, 6.45) is 0. The molecule has 0 aliphatic heterocycles. The summed E-state index contributed by atoms with van der Waals surface area (Å²) in [5, 5.41) is 0. The molecule has 0 bridgehead atoms. The van der Waals surface area contributed by atoms with Gasteiger partial charge < -0.3 is 14.9 Å². The number of rotatable bonds is 3. The van der Waals surface area contributed by atoms with Crippen LogP contribution in [0.25, 0.3) is 0 Å². The zero-order valence-corrected chi connectivity index (χ0v) is 11.6. The molecule has 0 saturated carbocycles. The van der Waals surface area contributed by atoms with Gasteiger partial charge in [-0.2, -0.15) is 0 Å². The van der Waals surface area contributed by atoms with Crippen LogP contribution in [0.15, 0.2) is 23.2 Å². The van der Waals surface area contributed by atoms with Crippen LogP contribution >= 0.6 is 0 Å². The van der Waals surface area contributed by atoms with E-state index in [4.69, 9.17) is 15.3 Å². The molecule has 1 rings (SSSR count). The van der Waals surface area contributed by atoms with Crippen LogP contribution in [0.1, 0.15) is 26.3 Å². The molecule has 5 heteroatoms. The first-order chi connectivity index (χ1) is 8.39. The van der Waals surface area contributed by atoms with E-state index >= 15 is 0 Å². The van der Waals surface area contributed by atoms with Crippen LogP contribution in [0.3, 0.4) is 0 Å². The molecule has 1 aromatic rings. The number of hydrazine groups is 1. The number of amidine groups is 1. The first-order valence-electron chi connectivity index (χ1n) is 5.69. The normalized spacial score (nSPS) is 12.2. The number of benzene rings is 1. The van der Waals surface area contributed by atoms with E-state index in [1.165, 1.54) is 0 Å². The molecule has 0 fully saturated rings. The van der Waals surface area contributed by atoms with Crippen molar-refractivity contribution in [3.8, 4) is 11.5 Å². The maximum atomic E-state index is 5.53. The van der Waals surface area contributed by atoms with Gasteiger partial charge in [0.25, 0.3) is 0 Å². The van der Waals surface area contributed by atoms with E-state index in [1.807, 2.05) is 32.9 Å². The minimum absolute atomic E-state index is 0.224. The minimum Gasteiger partial charge on any atom is -0.497 e. The molecule has 0 amide bonds. The molecule has 18 heavy (non-hydrogen) atoms. The smallest absolute Gasteiger partial charge is 0.143 e. The molecular formula is C13H21N3O2. The Bertz CT molecular complexity index is 414. The van der Waals surface area contributed by atoms with Gasteiger partial charge in [0.1, 0.15) is 17.3 Å². The van der Waals surface area contributed by atoms with Crippen LogP contribution in [0.4, 0.5) is 0 Å². The Balaban J connectivity index is 3.25. The van der Waals surface area contributed by atoms with Crippen molar-refractivity contribution in [3.05, 3.63) is 23.8 Å². The third-order valence-electron chi connectivity index (χ3n) is 2.21. The Hall–Kier alpha value is -1.75. The van der Waals surface area contributed by atoms with Crippen LogP contribution in [-0.2, 0) is 0 Å². The van der Waals surface area contributed by atoms with Crippen molar-refractivity contribution in [3.63, 3.8) is 0 Å². The quantitative estimate of drug-likeness (QED) is 0.371. The number of nitrogens with zero attached hydrogens (tertiary/aromatic N) is 1. The van der Waals surface area contributed by atoms with E-state index < -0.39 is 0 Å². The minimum atomic E-state index is -0.224. The predicted molar refractivity (Wildman–Crippen MR) is 73.2 cm³/mol. The largest absolute Gasteiger partial charge is 0.497 e. The zero-order chi connectivity index (χ0) is 13.8. The summed E-state index contributed by atoms with van der Waals surface area (Å²) >= 11 is 0. The molecule has 1 aromatic carbocycles. The topological polar surface area (TPSA) is 68.9 Å². The molecule has 0 spiro atoms. The van der Waals surface area contributed by atoms with Crippen molar-refractivity contribution >= 4 is 5.84 Å². The molecular weight excluding hydrogens is 230 g/mol. The van der Waals surface area contributed by atoms with Crippen LogP contribution in [-0.4, -0.2) is 25.6 Å². The fourth-order valence-corrected chi connectivity index (χ4v) is 1.46. The van der Waals surface area contributed by atoms with Gasteiger partial charge >= 0.3 is 0 Å². The van der Waals surface area contributed by atoms with Crippen LogP contribution in [0.5, 0.6) is 11.5 Å². The lowest BCUT2D eigenvalue weighted by Gasteiger charge is -2.16. The number of nitrogens with one attached hydrogen (secondary N) is 1. The van der Waals surface area contributed by atoms with Crippen LogP contribution < -0.4 is 20.7 Å². The van der Waals surface area contributed by atoms with Gasteiger partial charge in [-0.25, -0.2) is 5.84 Å². The van der Waals surface area contributed by atoms with Gasteiger partial charge in [-0.3, -0.25) is 4.99 Å². The van der Waals surface area contributed by atoms with Gasteiger partial charge in [-0.15, -0.1) is 0 Å².